The van der Waals surface area contributed by atoms with Crippen molar-refractivity contribution in [2.75, 3.05) is 5.32 Å². The van der Waals surface area contributed by atoms with E-state index < -0.39 is 17.0 Å². The van der Waals surface area contributed by atoms with Gasteiger partial charge in [-0.1, -0.05) is 6.42 Å². The Morgan fingerprint density at radius 1 is 1.33 bits per heavy atom. The zero-order valence-corrected chi connectivity index (χ0v) is 12.6. The van der Waals surface area contributed by atoms with Crippen LogP contribution in [0.2, 0.25) is 0 Å². The van der Waals surface area contributed by atoms with Crippen LogP contribution in [-0.4, -0.2) is 17.1 Å². The lowest BCUT2D eigenvalue weighted by Crippen LogP contribution is -2.34. The smallest absolute Gasteiger partial charge is 0.381 e. The normalized spacial score (nSPS) is 22.9. The zero-order chi connectivity index (χ0) is 15.6. The summed E-state index contributed by atoms with van der Waals surface area (Å²) < 4.78 is 38.8. The third-order valence-corrected chi connectivity index (χ3v) is 4.32. The van der Waals surface area contributed by atoms with Crippen LogP contribution in [0, 0.1) is 16.0 Å². The van der Waals surface area contributed by atoms with Crippen LogP contribution in [0.1, 0.15) is 25.7 Å². The summed E-state index contributed by atoms with van der Waals surface area (Å²) in [6, 6.07) is 3.91. The summed E-state index contributed by atoms with van der Waals surface area (Å²) in [5.41, 5.74) is 0.512. The molecule has 2 unspecified atom stereocenters. The molecule has 1 aliphatic rings. The summed E-state index contributed by atoms with van der Waals surface area (Å²) in [5.74, 6) is -1.28. The average Bonchev–Trinajstić information content (AvgIpc) is 2.40. The summed E-state index contributed by atoms with van der Waals surface area (Å²) in [5, 5.41) is 13.7. The predicted octanol–water partition coefficient (Wildman–Crippen LogP) is 4.89. The Morgan fingerprint density at radius 3 is 2.62 bits per heavy atom. The molecule has 0 spiro atoms. The number of nitro groups is 1. The minimum Gasteiger partial charge on any atom is -0.381 e. The molecular weight excluding hydrogens is 353 g/mol. The summed E-state index contributed by atoms with van der Waals surface area (Å²) in [4.78, 5) is 10.1. The number of halogens is 4. The molecule has 1 aromatic rings. The maximum absolute atomic E-state index is 12.8. The number of anilines is 1. The van der Waals surface area contributed by atoms with Crippen molar-refractivity contribution >= 4 is 27.3 Å². The van der Waals surface area contributed by atoms with E-state index in [0.717, 1.165) is 0 Å². The number of alkyl halides is 3. The van der Waals surface area contributed by atoms with Crippen molar-refractivity contribution in [2.45, 2.75) is 37.9 Å². The second kappa shape index (κ2) is 6.21. The first-order chi connectivity index (χ1) is 9.77. The van der Waals surface area contributed by atoms with Crippen molar-refractivity contribution < 1.29 is 18.1 Å². The number of rotatable bonds is 3. The molecule has 2 rings (SSSR count). The molecule has 0 radical (unpaired) electrons. The van der Waals surface area contributed by atoms with E-state index in [2.05, 4.69) is 21.2 Å². The highest BCUT2D eigenvalue weighted by Crippen LogP contribution is 2.39. The second-order valence-corrected chi connectivity index (χ2v) is 6.02. The Hall–Kier alpha value is -1.31. The van der Waals surface area contributed by atoms with Gasteiger partial charge >= 0.3 is 6.18 Å². The summed E-state index contributed by atoms with van der Waals surface area (Å²) in [6.07, 6.45) is -2.77. The first-order valence-electron chi connectivity index (χ1n) is 6.54. The standard InChI is InChI=1S/C13H14BrF3N2O2/c14-11-7-10(19(20)21)4-5-12(11)18-9-3-1-2-8(6-9)13(15,16)17/h4-5,7-9,18H,1-3,6H2. The molecule has 1 aromatic carbocycles. The van der Waals surface area contributed by atoms with Crippen LogP contribution in [0.25, 0.3) is 0 Å². The van der Waals surface area contributed by atoms with Crippen molar-refractivity contribution in [3.63, 3.8) is 0 Å². The lowest BCUT2D eigenvalue weighted by molar-refractivity contribution is -0.384. The van der Waals surface area contributed by atoms with Crippen molar-refractivity contribution in [3.05, 3.63) is 32.8 Å². The number of hydrogen-bond acceptors (Lipinski definition) is 3. The fourth-order valence-corrected chi connectivity index (χ4v) is 3.05. The molecule has 1 fully saturated rings. The maximum Gasteiger partial charge on any atom is 0.391 e. The molecule has 1 saturated carbocycles. The Bertz CT molecular complexity index is 537. The largest absolute Gasteiger partial charge is 0.391 e. The van der Waals surface area contributed by atoms with Crippen molar-refractivity contribution in [3.8, 4) is 0 Å². The van der Waals surface area contributed by atoms with Gasteiger partial charge in [-0.25, -0.2) is 0 Å². The lowest BCUT2D eigenvalue weighted by atomic mass is 9.85. The Kier molecular flexibility index (Phi) is 4.75. The van der Waals surface area contributed by atoms with E-state index in [-0.39, 0.29) is 24.6 Å². The fourth-order valence-electron chi connectivity index (χ4n) is 2.57. The molecule has 0 amide bonds. The number of benzene rings is 1. The molecule has 4 nitrogen and oxygen atoms in total. The topological polar surface area (TPSA) is 55.2 Å². The van der Waals surface area contributed by atoms with Gasteiger partial charge in [0, 0.05) is 28.3 Å². The highest BCUT2D eigenvalue weighted by Gasteiger charge is 2.42. The lowest BCUT2D eigenvalue weighted by Gasteiger charge is -2.31. The summed E-state index contributed by atoms with van der Waals surface area (Å²) >= 11 is 3.21. The molecule has 1 N–H and O–H groups in total. The van der Waals surface area contributed by atoms with Crippen molar-refractivity contribution in [2.24, 2.45) is 5.92 Å². The molecule has 0 bridgehead atoms. The maximum atomic E-state index is 12.8. The zero-order valence-electron chi connectivity index (χ0n) is 11.0. The van der Waals surface area contributed by atoms with Gasteiger partial charge in [0.15, 0.2) is 0 Å². The van der Waals surface area contributed by atoms with Gasteiger partial charge in [-0.15, -0.1) is 0 Å². The van der Waals surface area contributed by atoms with Crippen molar-refractivity contribution in [1.29, 1.82) is 0 Å². The molecule has 0 heterocycles. The third-order valence-electron chi connectivity index (χ3n) is 3.66. The van der Waals surface area contributed by atoms with E-state index in [4.69, 9.17) is 0 Å². The molecule has 21 heavy (non-hydrogen) atoms. The van der Waals surface area contributed by atoms with E-state index in [1.807, 2.05) is 0 Å². The van der Waals surface area contributed by atoms with Gasteiger partial charge in [0.05, 0.1) is 10.8 Å². The predicted molar refractivity (Wildman–Crippen MR) is 76.2 cm³/mol. The molecule has 0 aromatic heterocycles. The Balaban J connectivity index is 2.06. The number of nitrogens with one attached hydrogen (secondary N) is 1. The van der Waals surface area contributed by atoms with Gasteiger partial charge in [-0.05, 0) is 41.3 Å². The quantitative estimate of drug-likeness (QED) is 0.611. The van der Waals surface area contributed by atoms with Crippen LogP contribution in [-0.2, 0) is 0 Å². The van der Waals surface area contributed by atoms with Crippen LogP contribution >= 0.6 is 15.9 Å². The minimum absolute atomic E-state index is 0.0347. The third kappa shape index (κ3) is 4.09. The number of non-ortho nitro benzene ring substituents is 1. The molecule has 1 aliphatic carbocycles. The Morgan fingerprint density at radius 2 is 2.05 bits per heavy atom. The fraction of sp³-hybridized carbons (Fsp3) is 0.538. The molecule has 2 atom stereocenters. The first kappa shape index (κ1) is 16.1. The van der Waals surface area contributed by atoms with Gasteiger partial charge in [0.2, 0.25) is 0 Å². The monoisotopic (exact) mass is 366 g/mol. The number of nitro benzene ring substituents is 1. The van der Waals surface area contributed by atoms with Crippen LogP contribution < -0.4 is 5.32 Å². The molecule has 116 valence electrons. The van der Waals surface area contributed by atoms with Gasteiger partial charge in [-0.3, -0.25) is 10.1 Å². The molecular formula is C13H14BrF3N2O2. The van der Waals surface area contributed by atoms with Gasteiger partial charge in [0.25, 0.3) is 5.69 Å². The number of nitrogens with zero attached hydrogens (tertiary/aromatic N) is 1. The van der Waals surface area contributed by atoms with Gasteiger partial charge in [-0.2, -0.15) is 13.2 Å². The average molecular weight is 367 g/mol. The van der Waals surface area contributed by atoms with Crippen LogP contribution in [0.15, 0.2) is 22.7 Å². The molecule has 0 saturated heterocycles. The minimum atomic E-state index is -4.16. The highest BCUT2D eigenvalue weighted by atomic mass is 79.9. The van der Waals surface area contributed by atoms with E-state index in [1.54, 1.807) is 0 Å². The van der Waals surface area contributed by atoms with Crippen molar-refractivity contribution in [1.82, 2.24) is 0 Å². The Labute approximate surface area is 128 Å². The summed E-state index contributed by atoms with van der Waals surface area (Å²) in [6.45, 7) is 0. The summed E-state index contributed by atoms with van der Waals surface area (Å²) in [7, 11) is 0. The second-order valence-electron chi connectivity index (χ2n) is 5.17. The molecule has 8 heteroatoms. The molecule has 0 aliphatic heterocycles. The van der Waals surface area contributed by atoms with Gasteiger partial charge < -0.3 is 5.32 Å². The van der Waals surface area contributed by atoms with E-state index >= 15 is 0 Å². The number of hydrogen-bond donors (Lipinski definition) is 1. The van der Waals surface area contributed by atoms with Crippen LogP contribution in [0.4, 0.5) is 24.5 Å². The van der Waals surface area contributed by atoms with Gasteiger partial charge in [0.1, 0.15) is 0 Å². The van der Waals surface area contributed by atoms with E-state index in [0.29, 0.717) is 23.0 Å². The van der Waals surface area contributed by atoms with E-state index in [9.17, 15) is 23.3 Å². The van der Waals surface area contributed by atoms with E-state index in [1.165, 1.54) is 18.2 Å². The van der Waals surface area contributed by atoms with Crippen LogP contribution in [0.3, 0.4) is 0 Å². The SMILES string of the molecule is O=[N+]([O-])c1ccc(NC2CCCC(C(F)(F)F)C2)c(Br)c1. The van der Waals surface area contributed by atoms with Crippen LogP contribution in [0.5, 0.6) is 0 Å². The first-order valence-corrected chi connectivity index (χ1v) is 7.34. The highest BCUT2D eigenvalue weighted by molar-refractivity contribution is 9.10.